The summed E-state index contributed by atoms with van der Waals surface area (Å²) in [6.07, 6.45) is 3.36. The molecule has 0 amide bonds. The van der Waals surface area contributed by atoms with Gasteiger partial charge in [-0.3, -0.25) is 0 Å². The van der Waals surface area contributed by atoms with Gasteiger partial charge in [-0.1, -0.05) is 12.1 Å². The first-order chi connectivity index (χ1) is 15.2. The fourth-order valence-corrected chi connectivity index (χ4v) is 4.97. The van der Waals surface area contributed by atoms with Crippen LogP contribution in [0.25, 0.3) is 0 Å². The molecule has 0 saturated carbocycles. The van der Waals surface area contributed by atoms with E-state index in [2.05, 4.69) is 73.5 Å². The van der Waals surface area contributed by atoms with Crippen molar-refractivity contribution < 1.29 is 4.74 Å². The highest BCUT2D eigenvalue weighted by Crippen LogP contribution is 2.32. The number of hydrogen-bond donors (Lipinski definition) is 1. The minimum atomic E-state index is 0.597. The number of piperidine rings is 1. The molecule has 2 aromatic carbocycles. The monoisotopic (exact) mass is 482 g/mol. The Kier molecular flexibility index (Phi) is 7.85. The van der Waals surface area contributed by atoms with Crippen LogP contribution in [0, 0.1) is 11.3 Å². The summed E-state index contributed by atoms with van der Waals surface area (Å²) in [5, 5.41) is 12.5. The predicted octanol–water partition coefficient (Wildman–Crippen LogP) is 4.38. The number of ether oxygens (including phenoxy) is 1. The van der Waals surface area contributed by atoms with Gasteiger partial charge in [0.2, 0.25) is 0 Å². The van der Waals surface area contributed by atoms with E-state index in [-0.39, 0.29) is 0 Å². The van der Waals surface area contributed by atoms with E-state index < -0.39 is 0 Å². The number of nitrogens with one attached hydrogen (secondary N) is 1. The maximum absolute atomic E-state index is 9.11. The first-order valence-electron chi connectivity index (χ1n) is 11.3. The van der Waals surface area contributed by atoms with Crippen molar-refractivity contribution in [2.45, 2.75) is 25.2 Å². The number of anilines is 1. The standard InChI is InChI=1S/C25H31BrN4O/c26-25-18-23(5-2-22(25)19-27)30-13-8-21(9-14-30)20-3-6-24(7-4-20)31-17-1-12-29-15-10-28-11-16-29/h2-7,18,21,28H,1,8-17H2. The van der Waals surface area contributed by atoms with Gasteiger partial charge < -0.3 is 19.9 Å². The smallest absolute Gasteiger partial charge is 0.119 e. The number of benzene rings is 2. The second-order valence-electron chi connectivity index (χ2n) is 8.40. The number of nitrogens with zero attached hydrogens (tertiary/aromatic N) is 3. The molecule has 5 nitrogen and oxygen atoms in total. The summed E-state index contributed by atoms with van der Waals surface area (Å²) in [4.78, 5) is 4.92. The van der Waals surface area contributed by atoms with Crippen molar-refractivity contribution >= 4 is 21.6 Å². The van der Waals surface area contributed by atoms with Crippen LogP contribution in [0.15, 0.2) is 46.9 Å². The summed E-state index contributed by atoms with van der Waals surface area (Å²) in [5.74, 6) is 1.57. The number of rotatable bonds is 7. The van der Waals surface area contributed by atoms with Crippen LogP contribution in [0.3, 0.4) is 0 Å². The highest BCUT2D eigenvalue weighted by Gasteiger charge is 2.21. The zero-order chi connectivity index (χ0) is 21.5. The molecule has 2 aromatic rings. The fourth-order valence-electron chi connectivity index (χ4n) is 4.51. The number of halogens is 1. The van der Waals surface area contributed by atoms with Gasteiger partial charge in [0, 0.05) is 56.0 Å². The maximum Gasteiger partial charge on any atom is 0.119 e. The Morgan fingerprint density at radius 3 is 2.45 bits per heavy atom. The number of piperazine rings is 1. The van der Waals surface area contributed by atoms with Crippen LogP contribution in [-0.2, 0) is 0 Å². The molecule has 0 radical (unpaired) electrons. The van der Waals surface area contributed by atoms with Gasteiger partial charge in [-0.2, -0.15) is 5.26 Å². The first kappa shape index (κ1) is 22.1. The van der Waals surface area contributed by atoms with E-state index in [1.807, 2.05) is 6.07 Å². The quantitative estimate of drug-likeness (QED) is 0.593. The molecule has 31 heavy (non-hydrogen) atoms. The van der Waals surface area contributed by atoms with Crippen LogP contribution in [0.2, 0.25) is 0 Å². The van der Waals surface area contributed by atoms with Crippen LogP contribution >= 0.6 is 15.9 Å². The third-order valence-electron chi connectivity index (χ3n) is 6.38. The lowest BCUT2D eigenvalue weighted by molar-refractivity contribution is 0.214. The Hall–Kier alpha value is -2.07. The topological polar surface area (TPSA) is 51.5 Å². The average molecular weight is 483 g/mol. The van der Waals surface area contributed by atoms with E-state index in [0.29, 0.717) is 11.5 Å². The highest BCUT2D eigenvalue weighted by molar-refractivity contribution is 9.10. The summed E-state index contributed by atoms with van der Waals surface area (Å²) in [7, 11) is 0. The molecule has 2 fully saturated rings. The summed E-state index contributed by atoms with van der Waals surface area (Å²) in [5.41, 5.74) is 3.28. The van der Waals surface area contributed by atoms with Crippen molar-refractivity contribution in [2.24, 2.45) is 0 Å². The van der Waals surface area contributed by atoms with Gasteiger partial charge in [-0.25, -0.2) is 0 Å². The molecule has 0 aromatic heterocycles. The summed E-state index contributed by atoms with van der Waals surface area (Å²) < 4.78 is 6.84. The maximum atomic E-state index is 9.11. The molecule has 2 saturated heterocycles. The SMILES string of the molecule is N#Cc1ccc(N2CCC(c3ccc(OCCCN4CCNCC4)cc3)CC2)cc1Br. The lowest BCUT2D eigenvalue weighted by atomic mass is 9.89. The molecule has 0 spiro atoms. The molecule has 0 atom stereocenters. The van der Waals surface area contributed by atoms with Crippen molar-refractivity contribution in [3.05, 3.63) is 58.1 Å². The lowest BCUT2D eigenvalue weighted by Crippen LogP contribution is -2.43. The molecule has 2 aliphatic rings. The minimum absolute atomic E-state index is 0.597. The molecule has 0 unspecified atom stereocenters. The molecule has 4 rings (SSSR count). The molecule has 2 aliphatic heterocycles. The largest absolute Gasteiger partial charge is 0.494 e. The Morgan fingerprint density at radius 1 is 1.03 bits per heavy atom. The van der Waals surface area contributed by atoms with Gasteiger partial charge >= 0.3 is 0 Å². The van der Waals surface area contributed by atoms with Crippen LogP contribution in [-0.4, -0.2) is 57.3 Å². The van der Waals surface area contributed by atoms with Crippen molar-refractivity contribution in [1.29, 1.82) is 5.26 Å². The van der Waals surface area contributed by atoms with Gasteiger partial charge in [0.25, 0.3) is 0 Å². The summed E-state index contributed by atoms with van der Waals surface area (Å²) >= 11 is 3.51. The molecule has 164 valence electrons. The van der Waals surface area contributed by atoms with Crippen molar-refractivity contribution in [3.63, 3.8) is 0 Å². The average Bonchev–Trinajstić information content (AvgIpc) is 2.83. The van der Waals surface area contributed by atoms with Crippen LogP contribution < -0.4 is 15.0 Å². The van der Waals surface area contributed by atoms with Gasteiger partial charge in [0.05, 0.1) is 12.2 Å². The zero-order valence-corrected chi connectivity index (χ0v) is 19.6. The molecular formula is C25H31BrN4O. The van der Waals surface area contributed by atoms with Gasteiger partial charge in [0.1, 0.15) is 11.8 Å². The molecule has 6 heteroatoms. The van der Waals surface area contributed by atoms with Crippen molar-refractivity contribution in [3.8, 4) is 11.8 Å². The van der Waals surface area contributed by atoms with E-state index in [1.165, 1.54) is 11.3 Å². The van der Waals surface area contributed by atoms with E-state index in [4.69, 9.17) is 10.00 Å². The minimum Gasteiger partial charge on any atom is -0.494 e. The van der Waals surface area contributed by atoms with Crippen LogP contribution in [0.5, 0.6) is 5.75 Å². The van der Waals surface area contributed by atoms with Gasteiger partial charge in [0.15, 0.2) is 0 Å². The third kappa shape index (κ3) is 6.00. The predicted molar refractivity (Wildman–Crippen MR) is 129 cm³/mol. The van der Waals surface area contributed by atoms with E-state index >= 15 is 0 Å². The van der Waals surface area contributed by atoms with E-state index in [9.17, 15) is 0 Å². The molecule has 0 bridgehead atoms. The molecule has 1 N–H and O–H groups in total. The molecule has 2 heterocycles. The lowest BCUT2D eigenvalue weighted by Gasteiger charge is -2.34. The number of hydrogen-bond acceptors (Lipinski definition) is 5. The Labute approximate surface area is 194 Å². The summed E-state index contributed by atoms with van der Waals surface area (Å²) in [6, 6.07) is 17.0. The second kappa shape index (κ2) is 11.0. The van der Waals surface area contributed by atoms with Crippen LogP contribution in [0.4, 0.5) is 5.69 Å². The molecular weight excluding hydrogens is 452 g/mol. The second-order valence-corrected chi connectivity index (χ2v) is 9.25. The van der Waals surface area contributed by atoms with Crippen LogP contribution in [0.1, 0.15) is 36.3 Å². The summed E-state index contributed by atoms with van der Waals surface area (Å²) in [6.45, 7) is 8.47. The highest BCUT2D eigenvalue weighted by atomic mass is 79.9. The van der Waals surface area contributed by atoms with E-state index in [1.54, 1.807) is 0 Å². The Morgan fingerprint density at radius 2 is 1.77 bits per heavy atom. The third-order valence-corrected chi connectivity index (χ3v) is 7.04. The number of nitriles is 1. The van der Waals surface area contributed by atoms with Crippen molar-refractivity contribution in [2.75, 3.05) is 57.3 Å². The Balaban J connectivity index is 1.22. The Bertz CT molecular complexity index is 881. The van der Waals surface area contributed by atoms with E-state index in [0.717, 1.165) is 81.9 Å². The first-order valence-corrected chi connectivity index (χ1v) is 12.1. The zero-order valence-electron chi connectivity index (χ0n) is 18.0. The van der Waals surface area contributed by atoms with Crippen molar-refractivity contribution in [1.82, 2.24) is 10.2 Å². The normalized spacial score (nSPS) is 18.0. The van der Waals surface area contributed by atoms with Gasteiger partial charge in [-0.05, 0) is 77.0 Å². The fraction of sp³-hybridized carbons (Fsp3) is 0.480. The molecule has 0 aliphatic carbocycles. The van der Waals surface area contributed by atoms with Gasteiger partial charge in [-0.15, -0.1) is 0 Å².